The first-order chi connectivity index (χ1) is 15.3. The fourth-order valence-corrected chi connectivity index (χ4v) is 4.65. The van der Waals surface area contributed by atoms with Gasteiger partial charge in [-0.1, -0.05) is 48.0 Å². The largest absolute Gasteiger partial charge is 0.445 e. The Hall–Kier alpha value is -3.17. The van der Waals surface area contributed by atoms with Crippen molar-refractivity contribution < 1.29 is 26.5 Å². The SMILES string of the molecule is Cc1ccc(S(=O)(=O)OC2CC(c3ncc(C)o3)N(C(=O)OCc3ccccc3)C2)cc1. The molecule has 1 fully saturated rings. The Morgan fingerprint density at radius 2 is 1.84 bits per heavy atom. The first-order valence-electron chi connectivity index (χ1n) is 10.2. The maximum Gasteiger partial charge on any atom is 0.410 e. The molecule has 32 heavy (non-hydrogen) atoms. The van der Waals surface area contributed by atoms with Crippen LogP contribution in [0.1, 0.15) is 35.2 Å². The van der Waals surface area contributed by atoms with Crippen LogP contribution in [-0.4, -0.2) is 37.0 Å². The van der Waals surface area contributed by atoms with E-state index in [1.165, 1.54) is 17.0 Å². The van der Waals surface area contributed by atoms with Gasteiger partial charge in [0, 0.05) is 6.42 Å². The highest BCUT2D eigenvalue weighted by atomic mass is 32.2. The first kappa shape index (κ1) is 22.0. The summed E-state index contributed by atoms with van der Waals surface area (Å²) in [6.45, 7) is 3.75. The molecule has 1 amide bonds. The second-order valence-corrected chi connectivity index (χ2v) is 9.31. The quantitative estimate of drug-likeness (QED) is 0.514. The van der Waals surface area contributed by atoms with Crippen LogP contribution in [-0.2, 0) is 25.6 Å². The molecule has 0 N–H and O–H groups in total. The van der Waals surface area contributed by atoms with E-state index in [-0.39, 0.29) is 24.5 Å². The number of hydrogen-bond donors (Lipinski definition) is 0. The minimum Gasteiger partial charge on any atom is -0.445 e. The molecule has 2 heterocycles. The summed E-state index contributed by atoms with van der Waals surface area (Å²) in [5.41, 5.74) is 1.79. The van der Waals surface area contributed by atoms with Gasteiger partial charge in [-0.05, 0) is 31.5 Å². The van der Waals surface area contributed by atoms with Crippen molar-refractivity contribution in [1.29, 1.82) is 0 Å². The number of likely N-dealkylation sites (tertiary alicyclic amines) is 1. The summed E-state index contributed by atoms with van der Waals surface area (Å²) >= 11 is 0. The third-order valence-electron chi connectivity index (χ3n) is 5.20. The van der Waals surface area contributed by atoms with E-state index in [0.717, 1.165) is 11.1 Å². The third kappa shape index (κ3) is 5.00. The molecule has 0 radical (unpaired) electrons. The number of amides is 1. The lowest BCUT2D eigenvalue weighted by atomic mass is 10.2. The maximum absolute atomic E-state index is 12.9. The normalized spacial score (nSPS) is 18.6. The number of aryl methyl sites for hydroxylation is 2. The number of ether oxygens (including phenoxy) is 1. The molecule has 1 saturated heterocycles. The number of nitrogens with zero attached hydrogens (tertiary/aromatic N) is 2. The number of rotatable bonds is 6. The molecule has 4 rings (SSSR count). The van der Waals surface area contributed by atoms with Crippen molar-refractivity contribution in [2.75, 3.05) is 6.54 Å². The fraction of sp³-hybridized carbons (Fsp3) is 0.304. The van der Waals surface area contributed by atoms with E-state index in [2.05, 4.69) is 4.98 Å². The van der Waals surface area contributed by atoms with E-state index in [0.29, 0.717) is 11.7 Å². The highest BCUT2D eigenvalue weighted by Gasteiger charge is 2.42. The number of hydrogen-bond acceptors (Lipinski definition) is 7. The van der Waals surface area contributed by atoms with Gasteiger partial charge in [0.2, 0.25) is 5.89 Å². The summed E-state index contributed by atoms with van der Waals surface area (Å²) in [4.78, 5) is 18.6. The summed E-state index contributed by atoms with van der Waals surface area (Å²) in [5.74, 6) is 0.909. The zero-order valence-corrected chi connectivity index (χ0v) is 18.6. The summed E-state index contributed by atoms with van der Waals surface area (Å²) in [5, 5.41) is 0. The Kier molecular flexibility index (Phi) is 6.29. The van der Waals surface area contributed by atoms with Crippen LogP contribution >= 0.6 is 0 Å². The Balaban J connectivity index is 1.50. The van der Waals surface area contributed by atoms with E-state index < -0.39 is 28.4 Å². The van der Waals surface area contributed by atoms with Gasteiger partial charge in [0.25, 0.3) is 10.1 Å². The molecule has 2 atom stereocenters. The minimum absolute atomic E-state index is 0.0325. The van der Waals surface area contributed by atoms with Crippen LogP contribution < -0.4 is 0 Å². The van der Waals surface area contributed by atoms with Gasteiger partial charge in [-0.25, -0.2) is 9.78 Å². The second kappa shape index (κ2) is 9.13. The zero-order valence-electron chi connectivity index (χ0n) is 17.8. The molecule has 2 unspecified atom stereocenters. The van der Waals surface area contributed by atoms with Crippen LogP contribution in [0, 0.1) is 13.8 Å². The molecule has 0 aliphatic carbocycles. The number of carbonyl (C=O) groups excluding carboxylic acids is 1. The van der Waals surface area contributed by atoms with Gasteiger partial charge in [-0.15, -0.1) is 0 Å². The van der Waals surface area contributed by atoms with E-state index >= 15 is 0 Å². The van der Waals surface area contributed by atoms with Crippen molar-refractivity contribution >= 4 is 16.2 Å². The summed E-state index contributed by atoms with van der Waals surface area (Å²) in [6, 6.07) is 15.1. The van der Waals surface area contributed by atoms with Crippen LogP contribution in [0.15, 0.2) is 70.1 Å². The zero-order chi connectivity index (χ0) is 22.7. The molecule has 1 aromatic heterocycles. The molecule has 0 spiro atoms. The third-order valence-corrected chi connectivity index (χ3v) is 6.57. The molecular weight excluding hydrogens is 432 g/mol. The number of aromatic nitrogens is 1. The number of benzene rings is 2. The van der Waals surface area contributed by atoms with Gasteiger partial charge in [0.15, 0.2) is 0 Å². The summed E-state index contributed by atoms with van der Waals surface area (Å²) in [7, 11) is -4.00. The van der Waals surface area contributed by atoms with E-state index in [1.54, 1.807) is 25.3 Å². The lowest BCUT2D eigenvalue weighted by Gasteiger charge is -2.21. The Morgan fingerprint density at radius 3 is 2.50 bits per heavy atom. The molecule has 8 nitrogen and oxygen atoms in total. The van der Waals surface area contributed by atoms with Gasteiger partial charge in [0.1, 0.15) is 18.4 Å². The lowest BCUT2D eigenvalue weighted by Crippen LogP contribution is -2.33. The molecule has 2 aromatic carbocycles. The predicted octanol–water partition coefficient (Wildman–Crippen LogP) is 4.15. The van der Waals surface area contributed by atoms with Gasteiger partial charge < -0.3 is 9.15 Å². The number of carbonyl (C=O) groups is 1. The van der Waals surface area contributed by atoms with Crippen molar-refractivity contribution in [2.24, 2.45) is 0 Å². The molecule has 1 aliphatic rings. The van der Waals surface area contributed by atoms with Crippen molar-refractivity contribution in [3.63, 3.8) is 0 Å². The fourth-order valence-electron chi connectivity index (χ4n) is 3.57. The summed E-state index contributed by atoms with van der Waals surface area (Å²) in [6.07, 6.45) is 0.419. The van der Waals surface area contributed by atoms with E-state index in [1.807, 2.05) is 37.3 Å². The Morgan fingerprint density at radius 1 is 1.12 bits per heavy atom. The van der Waals surface area contributed by atoms with Gasteiger partial charge in [-0.3, -0.25) is 9.08 Å². The van der Waals surface area contributed by atoms with Crippen molar-refractivity contribution in [1.82, 2.24) is 9.88 Å². The highest BCUT2D eigenvalue weighted by molar-refractivity contribution is 7.86. The van der Waals surface area contributed by atoms with Crippen LogP contribution in [0.2, 0.25) is 0 Å². The molecule has 3 aromatic rings. The lowest BCUT2D eigenvalue weighted by molar-refractivity contribution is 0.0851. The van der Waals surface area contributed by atoms with E-state index in [4.69, 9.17) is 13.3 Å². The van der Waals surface area contributed by atoms with Gasteiger partial charge in [0.05, 0.1) is 23.7 Å². The van der Waals surface area contributed by atoms with E-state index in [9.17, 15) is 13.2 Å². The van der Waals surface area contributed by atoms with Crippen molar-refractivity contribution in [3.05, 3.63) is 83.6 Å². The van der Waals surface area contributed by atoms with Crippen LogP contribution in [0.4, 0.5) is 4.79 Å². The average Bonchev–Trinajstić information content (AvgIpc) is 3.39. The molecular formula is C23H24N2O6S. The Labute approximate surface area is 186 Å². The molecule has 9 heteroatoms. The monoisotopic (exact) mass is 456 g/mol. The van der Waals surface area contributed by atoms with Crippen LogP contribution in [0.5, 0.6) is 0 Å². The minimum atomic E-state index is -4.00. The van der Waals surface area contributed by atoms with Crippen molar-refractivity contribution in [3.8, 4) is 0 Å². The van der Waals surface area contributed by atoms with Crippen LogP contribution in [0.25, 0.3) is 0 Å². The molecule has 168 valence electrons. The standard InChI is InChI=1S/C23H24N2O6S/c1-16-8-10-20(11-9-16)32(27,28)31-19-12-21(22-24-13-17(2)30-22)25(14-19)23(26)29-15-18-6-4-3-5-7-18/h3-11,13,19,21H,12,14-15H2,1-2H3. The van der Waals surface area contributed by atoms with Crippen LogP contribution in [0.3, 0.4) is 0 Å². The molecule has 1 aliphatic heterocycles. The molecule has 0 bridgehead atoms. The topological polar surface area (TPSA) is 98.9 Å². The molecule has 0 saturated carbocycles. The van der Waals surface area contributed by atoms with Gasteiger partial charge in [-0.2, -0.15) is 8.42 Å². The smallest absolute Gasteiger partial charge is 0.410 e. The number of oxazole rings is 1. The highest BCUT2D eigenvalue weighted by Crippen LogP contribution is 2.35. The maximum atomic E-state index is 12.9. The Bertz CT molecular complexity index is 1170. The predicted molar refractivity (Wildman–Crippen MR) is 115 cm³/mol. The second-order valence-electron chi connectivity index (χ2n) is 7.74. The van der Waals surface area contributed by atoms with Gasteiger partial charge >= 0.3 is 6.09 Å². The summed E-state index contributed by atoms with van der Waals surface area (Å²) < 4.78 is 42.0. The average molecular weight is 457 g/mol. The van der Waals surface area contributed by atoms with Crippen molar-refractivity contribution in [2.45, 2.75) is 43.9 Å². The first-order valence-corrected chi connectivity index (χ1v) is 11.6.